The molecule has 0 amide bonds. The lowest BCUT2D eigenvalue weighted by Crippen LogP contribution is -2.41. The number of aliphatic hydroxyl groups is 1. The predicted octanol–water partition coefficient (Wildman–Crippen LogP) is 0.323. The molecular formula is C11H10O5. The highest BCUT2D eigenvalue weighted by molar-refractivity contribution is 6.03. The van der Waals surface area contributed by atoms with Gasteiger partial charge < -0.3 is 14.9 Å². The van der Waals surface area contributed by atoms with E-state index < -0.39 is 23.8 Å². The van der Waals surface area contributed by atoms with Crippen molar-refractivity contribution in [1.29, 1.82) is 0 Å². The van der Waals surface area contributed by atoms with E-state index in [0.29, 0.717) is 11.3 Å². The summed E-state index contributed by atoms with van der Waals surface area (Å²) in [5.74, 6) is -2.41. The van der Waals surface area contributed by atoms with Gasteiger partial charge in [-0.1, -0.05) is 12.1 Å². The number of ether oxygens (including phenoxy) is 1. The molecule has 16 heavy (non-hydrogen) atoms. The first-order chi connectivity index (χ1) is 7.61. The first-order valence-corrected chi connectivity index (χ1v) is 4.78. The van der Waals surface area contributed by atoms with Crippen LogP contribution < -0.4 is 4.74 Å². The van der Waals surface area contributed by atoms with Crippen molar-refractivity contribution in [2.24, 2.45) is 5.92 Å². The second-order valence-electron chi connectivity index (χ2n) is 3.56. The average Bonchev–Trinajstić information content (AvgIpc) is 2.29. The lowest BCUT2D eigenvalue weighted by atomic mass is 9.90. The molecule has 2 rings (SSSR count). The molecule has 1 aliphatic heterocycles. The normalized spacial score (nSPS) is 20.8. The van der Waals surface area contributed by atoms with Gasteiger partial charge in [0.15, 0.2) is 11.9 Å². The Morgan fingerprint density at radius 3 is 2.81 bits per heavy atom. The number of Topliss-reactive ketones (excluding diaryl/α,β-unsaturated/α-hetero) is 1. The van der Waals surface area contributed by atoms with E-state index in [9.17, 15) is 14.7 Å². The van der Waals surface area contributed by atoms with Crippen molar-refractivity contribution in [3.05, 3.63) is 29.8 Å². The van der Waals surface area contributed by atoms with Crippen molar-refractivity contribution in [1.82, 2.24) is 0 Å². The minimum absolute atomic E-state index is 0.108. The molecular weight excluding hydrogens is 212 g/mol. The zero-order chi connectivity index (χ0) is 11.7. The van der Waals surface area contributed by atoms with Crippen molar-refractivity contribution in [2.45, 2.75) is 6.10 Å². The quantitative estimate of drug-likeness (QED) is 0.753. The SMILES string of the molecule is O=C(O)C(O)C1COc2ccccc2C1=O. The summed E-state index contributed by atoms with van der Waals surface area (Å²) in [6.07, 6.45) is -1.72. The Morgan fingerprint density at radius 2 is 2.12 bits per heavy atom. The molecule has 1 aromatic rings. The smallest absolute Gasteiger partial charge is 0.333 e. The van der Waals surface area contributed by atoms with E-state index in [0.717, 1.165) is 0 Å². The van der Waals surface area contributed by atoms with Gasteiger partial charge in [0.1, 0.15) is 12.4 Å². The number of hydrogen-bond acceptors (Lipinski definition) is 4. The number of aliphatic carboxylic acids is 1. The molecule has 0 aromatic heterocycles. The zero-order valence-electron chi connectivity index (χ0n) is 8.29. The van der Waals surface area contributed by atoms with E-state index in [-0.39, 0.29) is 6.61 Å². The number of carbonyl (C=O) groups excluding carboxylic acids is 1. The fourth-order valence-electron chi connectivity index (χ4n) is 1.66. The number of hydrogen-bond donors (Lipinski definition) is 2. The van der Waals surface area contributed by atoms with Gasteiger partial charge in [-0.3, -0.25) is 4.79 Å². The van der Waals surface area contributed by atoms with Gasteiger partial charge in [0.2, 0.25) is 0 Å². The monoisotopic (exact) mass is 222 g/mol. The maximum Gasteiger partial charge on any atom is 0.333 e. The fourth-order valence-corrected chi connectivity index (χ4v) is 1.66. The Hall–Kier alpha value is -1.88. The largest absolute Gasteiger partial charge is 0.492 e. The summed E-state index contributed by atoms with van der Waals surface area (Å²) in [7, 11) is 0. The molecule has 1 aliphatic rings. The van der Waals surface area contributed by atoms with Crippen molar-refractivity contribution in [3.8, 4) is 5.75 Å². The highest BCUT2D eigenvalue weighted by Crippen LogP contribution is 2.28. The lowest BCUT2D eigenvalue weighted by Gasteiger charge is -2.25. The van der Waals surface area contributed by atoms with Gasteiger partial charge in [-0.25, -0.2) is 4.79 Å². The van der Waals surface area contributed by atoms with Gasteiger partial charge in [0.05, 0.1) is 11.5 Å². The molecule has 1 heterocycles. The van der Waals surface area contributed by atoms with Crippen molar-refractivity contribution < 1.29 is 24.5 Å². The Kier molecular flexibility index (Phi) is 2.62. The molecule has 0 saturated carbocycles. The zero-order valence-corrected chi connectivity index (χ0v) is 8.29. The molecule has 5 nitrogen and oxygen atoms in total. The molecule has 84 valence electrons. The van der Waals surface area contributed by atoms with Crippen molar-refractivity contribution >= 4 is 11.8 Å². The van der Waals surface area contributed by atoms with Crippen LogP contribution in [-0.4, -0.2) is 34.7 Å². The van der Waals surface area contributed by atoms with Crippen LogP contribution >= 0.6 is 0 Å². The number of benzene rings is 1. The van der Waals surface area contributed by atoms with E-state index >= 15 is 0 Å². The number of fused-ring (bicyclic) bond motifs is 1. The van der Waals surface area contributed by atoms with Gasteiger partial charge in [-0.15, -0.1) is 0 Å². The third-order valence-electron chi connectivity index (χ3n) is 2.54. The minimum Gasteiger partial charge on any atom is -0.492 e. The number of carbonyl (C=O) groups is 2. The topological polar surface area (TPSA) is 83.8 Å². The van der Waals surface area contributed by atoms with Crippen LogP contribution in [0.15, 0.2) is 24.3 Å². The predicted molar refractivity (Wildman–Crippen MR) is 53.4 cm³/mol. The van der Waals surface area contributed by atoms with Crippen LogP contribution in [0.5, 0.6) is 5.75 Å². The molecule has 0 fully saturated rings. The maximum absolute atomic E-state index is 11.9. The van der Waals surface area contributed by atoms with E-state index in [4.69, 9.17) is 9.84 Å². The fraction of sp³-hybridized carbons (Fsp3) is 0.273. The van der Waals surface area contributed by atoms with Crippen LogP contribution in [-0.2, 0) is 4.79 Å². The third kappa shape index (κ3) is 1.65. The van der Waals surface area contributed by atoms with Crippen LogP contribution in [0.2, 0.25) is 0 Å². The summed E-state index contributed by atoms with van der Waals surface area (Å²) < 4.78 is 5.23. The number of aliphatic hydroxyl groups excluding tert-OH is 1. The van der Waals surface area contributed by atoms with E-state index in [1.54, 1.807) is 24.3 Å². The molecule has 0 bridgehead atoms. The van der Waals surface area contributed by atoms with Gasteiger partial charge >= 0.3 is 5.97 Å². The lowest BCUT2D eigenvalue weighted by molar-refractivity contribution is -0.149. The average molecular weight is 222 g/mol. The number of para-hydroxylation sites is 1. The van der Waals surface area contributed by atoms with Gasteiger partial charge in [-0.2, -0.15) is 0 Å². The second-order valence-corrected chi connectivity index (χ2v) is 3.56. The molecule has 5 heteroatoms. The van der Waals surface area contributed by atoms with E-state index in [1.165, 1.54) is 0 Å². The molecule has 2 atom stereocenters. The molecule has 0 saturated heterocycles. The maximum atomic E-state index is 11.9. The highest BCUT2D eigenvalue weighted by Gasteiger charge is 2.37. The van der Waals surface area contributed by atoms with Crippen LogP contribution in [0.25, 0.3) is 0 Å². The molecule has 2 unspecified atom stereocenters. The second kappa shape index (κ2) is 3.94. The summed E-state index contributed by atoms with van der Waals surface area (Å²) in [5.41, 5.74) is 0.319. The molecule has 0 aliphatic carbocycles. The summed E-state index contributed by atoms with van der Waals surface area (Å²) in [6, 6.07) is 6.57. The van der Waals surface area contributed by atoms with Gasteiger partial charge in [0, 0.05) is 0 Å². The number of rotatable bonds is 2. The van der Waals surface area contributed by atoms with Crippen LogP contribution in [0.4, 0.5) is 0 Å². The van der Waals surface area contributed by atoms with Crippen molar-refractivity contribution in [2.75, 3.05) is 6.61 Å². The summed E-state index contributed by atoms with van der Waals surface area (Å²) >= 11 is 0. The Labute approximate surface area is 91.3 Å². The van der Waals surface area contributed by atoms with E-state index in [1.807, 2.05) is 0 Å². The van der Waals surface area contributed by atoms with Crippen molar-refractivity contribution in [3.63, 3.8) is 0 Å². The van der Waals surface area contributed by atoms with E-state index in [2.05, 4.69) is 0 Å². The van der Waals surface area contributed by atoms with Crippen LogP contribution in [0, 0.1) is 5.92 Å². The highest BCUT2D eigenvalue weighted by atomic mass is 16.5. The summed E-state index contributed by atoms with van der Waals surface area (Å²) in [5, 5.41) is 18.0. The van der Waals surface area contributed by atoms with Gasteiger partial charge in [0.25, 0.3) is 0 Å². The summed E-state index contributed by atoms with van der Waals surface area (Å²) in [6.45, 7) is -0.108. The number of carboxylic acid groups (broad SMARTS) is 1. The molecule has 2 N–H and O–H groups in total. The summed E-state index contributed by atoms with van der Waals surface area (Å²) in [4.78, 5) is 22.5. The minimum atomic E-state index is -1.72. The number of ketones is 1. The molecule has 1 aromatic carbocycles. The Bertz CT molecular complexity index is 440. The standard InChI is InChI=1S/C11H10O5/c12-9-6-3-1-2-4-8(6)16-5-7(9)10(13)11(14)15/h1-4,7,10,13H,5H2,(H,14,15). The molecule has 0 radical (unpaired) electrons. The first kappa shape index (κ1) is 10.6. The Morgan fingerprint density at radius 1 is 1.44 bits per heavy atom. The number of carboxylic acids is 1. The third-order valence-corrected chi connectivity index (χ3v) is 2.54. The molecule has 0 spiro atoms. The Balaban J connectivity index is 2.31. The van der Waals surface area contributed by atoms with Crippen LogP contribution in [0.3, 0.4) is 0 Å². The van der Waals surface area contributed by atoms with Gasteiger partial charge in [-0.05, 0) is 12.1 Å². The van der Waals surface area contributed by atoms with Crippen LogP contribution in [0.1, 0.15) is 10.4 Å². The first-order valence-electron chi connectivity index (χ1n) is 4.78.